The van der Waals surface area contributed by atoms with Gasteiger partial charge in [0.15, 0.2) is 5.16 Å². The van der Waals surface area contributed by atoms with Crippen LogP contribution in [0.15, 0.2) is 11.4 Å². The van der Waals surface area contributed by atoms with Crippen molar-refractivity contribution in [1.82, 2.24) is 9.55 Å². The van der Waals surface area contributed by atoms with Crippen LogP contribution in [0.25, 0.3) is 0 Å². The topological polar surface area (TPSA) is 64.3 Å². The smallest absolute Gasteiger partial charge is 0.316 e. The van der Waals surface area contributed by atoms with E-state index >= 15 is 0 Å². The van der Waals surface area contributed by atoms with E-state index in [1.165, 1.54) is 11.8 Å². The maximum Gasteiger partial charge on any atom is 0.316 e. The van der Waals surface area contributed by atoms with E-state index in [4.69, 9.17) is 9.84 Å². The summed E-state index contributed by atoms with van der Waals surface area (Å²) >= 11 is 1.30. The summed E-state index contributed by atoms with van der Waals surface area (Å²) in [7, 11) is 1.80. The number of imidazole rings is 1. The second-order valence-electron chi connectivity index (χ2n) is 2.84. The van der Waals surface area contributed by atoms with Crippen molar-refractivity contribution in [3.8, 4) is 0 Å². The molecule has 1 heterocycles. The maximum atomic E-state index is 11.1. The molecule has 0 amide bonds. The van der Waals surface area contributed by atoms with E-state index in [2.05, 4.69) is 4.98 Å². The Bertz CT molecular complexity index is 338. The predicted octanol–water partition coefficient (Wildman–Crippen LogP) is 0.568. The lowest BCUT2D eigenvalue weighted by Crippen LogP contribution is -2.07. The van der Waals surface area contributed by atoms with Crippen LogP contribution in [0, 0.1) is 0 Å². The van der Waals surface area contributed by atoms with Crippen molar-refractivity contribution in [3.05, 3.63) is 11.9 Å². The highest BCUT2D eigenvalue weighted by Crippen LogP contribution is 2.17. The number of ether oxygens (including phenoxy) is 1. The van der Waals surface area contributed by atoms with Crippen molar-refractivity contribution >= 4 is 17.7 Å². The maximum absolute atomic E-state index is 11.1. The Morgan fingerprint density at radius 1 is 1.73 bits per heavy atom. The first-order valence-electron chi connectivity index (χ1n) is 4.59. The van der Waals surface area contributed by atoms with Gasteiger partial charge >= 0.3 is 5.97 Å². The third-order valence-corrected chi connectivity index (χ3v) is 2.85. The minimum Gasteiger partial charge on any atom is -0.465 e. The Kier molecular flexibility index (Phi) is 4.64. The van der Waals surface area contributed by atoms with Crippen LogP contribution in [0.5, 0.6) is 0 Å². The second kappa shape index (κ2) is 5.77. The van der Waals surface area contributed by atoms with Gasteiger partial charge in [-0.15, -0.1) is 0 Å². The van der Waals surface area contributed by atoms with Crippen molar-refractivity contribution in [1.29, 1.82) is 0 Å². The Balaban J connectivity index is 2.50. The highest BCUT2D eigenvalue weighted by atomic mass is 32.2. The molecule has 84 valence electrons. The van der Waals surface area contributed by atoms with Gasteiger partial charge < -0.3 is 14.4 Å². The van der Waals surface area contributed by atoms with E-state index in [0.717, 1.165) is 5.69 Å². The molecule has 0 saturated carbocycles. The van der Waals surface area contributed by atoms with E-state index in [-0.39, 0.29) is 18.3 Å². The molecule has 0 aromatic carbocycles. The van der Waals surface area contributed by atoms with Gasteiger partial charge in [-0.05, 0) is 6.92 Å². The standard InChI is InChI=1S/C9H14N2O3S/c1-3-14-8(13)6-15-9-10-4-7(5-12)11(9)2/h4,12H,3,5-6H2,1-2H3. The molecule has 1 N–H and O–H groups in total. The zero-order valence-corrected chi connectivity index (χ0v) is 9.58. The fourth-order valence-electron chi connectivity index (χ4n) is 1.03. The monoisotopic (exact) mass is 230 g/mol. The Morgan fingerprint density at radius 3 is 3.00 bits per heavy atom. The molecule has 0 fully saturated rings. The highest BCUT2D eigenvalue weighted by molar-refractivity contribution is 7.99. The quantitative estimate of drug-likeness (QED) is 0.591. The first-order chi connectivity index (χ1) is 7.19. The van der Waals surface area contributed by atoms with Crippen molar-refractivity contribution in [2.24, 2.45) is 7.05 Å². The van der Waals surface area contributed by atoms with Gasteiger partial charge in [-0.1, -0.05) is 11.8 Å². The molecule has 6 heteroatoms. The van der Waals surface area contributed by atoms with Crippen molar-refractivity contribution in [3.63, 3.8) is 0 Å². The molecule has 15 heavy (non-hydrogen) atoms. The number of carbonyl (C=O) groups excluding carboxylic acids is 1. The SMILES string of the molecule is CCOC(=O)CSc1ncc(CO)n1C. The molecule has 0 bridgehead atoms. The van der Waals surface area contributed by atoms with Crippen LogP contribution in [0.3, 0.4) is 0 Å². The molecular weight excluding hydrogens is 216 g/mol. The number of aliphatic hydroxyl groups excluding tert-OH is 1. The van der Waals surface area contributed by atoms with Crippen LogP contribution in [0.1, 0.15) is 12.6 Å². The molecule has 5 nitrogen and oxygen atoms in total. The minimum absolute atomic E-state index is 0.0521. The normalized spacial score (nSPS) is 10.3. The number of aliphatic hydroxyl groups is 1. The largest absolute Gasteiger partial charge is 0.465 e. The first-order valence-corrected chi connectivity index (χ1v) is 5.57. The van der Waals surface area contributed by atoms with Crippen LogP contribution in [0.2, 0.25) is 0 Å². The summed E-state index contributed by atoms with van der Waals surface area (Å²) in [6.07, 6.45) is 1.59. The molecular formula is C9H14N2O3S. The van der Waals surface area contributed by atoms with E-state index in [1.807, 2.05) is 0 Å². The molecule has 0 aliphatic rings. The lowest BCUT2D eigenvalue weighted by molar-refractivity contribution is -0.139. The van der Waals surface area contributed by atoms with E-state index < -0.39 is 0 Å². The summed E-state index contributed by atoms with van der Waals surface area (Å²) in [6, 6.07) is 0. The lowest BCUT2D eigenvalue weighted by atomic mass is 10.5. The molecule has 1 aromatic rings. The highest BCUT2D eigenvalue weighted by Gasteiger charge is 2.09. The van der Waals surface area contributed by atoms with Crippen molar-refractivity contribution in [2.75, 3.05) is 12.4 Å². The molecule has 0 aliphatic heterocycles. The summed E-state index contributed by atoms with van der Waals surface area (Å²) in [5.41, 5.74) is 0.723. The van der Waals surface area contributed by atoms with Crippen LogP contribution >= 0.6 is 11.8 Å². The zero-order chi connectivity index (χ0) is 11.3. The van der Waals surface area contributed by atoms with Gasteiger partial charge in [-0.3, -0.25) is 4.79 Å². The van der Waals surface area contributed by atoms with Crippen LogP contribution in [-0.4, -0.2) is 33.0 Å². The molecule has 0 radical (unpaired) electrons. The minimum atomic E-state index is -0.254. The van der Waals surface area contributed by atoms with E-state index in [0.29, 0.717) is 11.8 Å². The van der Waals surface area contributed by atoms with E-state index in [1.54, 1.807) is 24.7 Å². The number of thioether (sulfide) groups is 1. The Labute approximate surface area is 92.5 Å². The predicted molar refractivity (Wildman–Crippen MR) is 56.5 cm³/mol. The molecule has 1 aromatic heterocycles. The third-order valence-electron chi connectivity index (χ3n) is 1.83. The zero-order valence-electron chi connectivity index (χ0n) is 8.77. The average Bonchev–Trinajstić information content (AvgIpc) is 2.57. The summed E-state index contributed by atoms with van der Waals surface area (Å²) in [4.78, 5) is 15.2. The van der Waals surface area contributed by atoms with Crippen LogP contribution in [-0.2, 0) is 23.2 Å². The van der Waals surface area contributed by atoms with Crippen molar-refractivity contribution in [2.45, 2.75) is 18.7 Å². The van der Waals surface area contributed by atoms with Gasteiger partial charge in [0.25, 0.3) is 0 Å². The van der Waals surface area contributed by atoms with Gasteiger partial charge in [0.05, 0.1) is 30.9 Å². The Morgan fingerprint density at radius 2 is 2.47 bits per heavy atom. The summed E-state index contributed by atoms with van der Waals surface area (Å²) in [5, 5.41) is 9.63. The summed E-state index contributed by atoms with van der Waals surface area (Å²) < 4.78 is 6.54. The van der Waals surface area contributed by atoms with Crippen molar-refractivity contribution < 1.29 is 14.6 Å². The summed E-state index contributed by atoms with van der Waals surface area (Å²) in [6.45, 7) is 2.11. The fraction of sp³-hybridized carbons (Fsp3) is 0.556. The lowest BCUT2D eigenvalue weighted by Gasteiger charge is -2.03. The molecule has 0 unspecified atom stereocenters. The van der Waals surface area contributed by atoms with Crippen LogP contribution in [0.4, 0.5) is 0 Å². The second-order valence-corrected chi connectivity index (χ2v) is 3.79. The van der Waals surface area contributed by atoms with Gasteiger partial charge in [0.2, 0.25) is 0 Å². The number of esters is 1. The number of carbonyl (C=O) groups is 1. The number of nitrogens with zero attached hydrogens (tertiary/aromatic N) is 2. The van der Waals surface area contributed by atoms with Gasteiger partial charge in [-0.25, -0.2) is 4.98 Å². The third kappa shape index (κ3) is 3.24. The number of aromatic nitrogens is 2. The molecule has 0 atom stereocenters. The van der Waals surface area contributed by atoms with Crippen LogP contribution < -0.4 is 0 Å². The molecule has 1 rings (SSSR count). The Hall–Kier alpha value is -1.01. The van der Waals surface area contributed by atoms with Gasteiger partial charge in [0, 0.05) is 7.05 Å². The fourth-order valence-corrected chi connectivity index (χ4v) is 1.80. The van der Waals surface area contributed by atoms with Gasteiger partial charge in [-0.2, -0.15) is 0 Å². The number of rotatable bonds is 5. The van der Waals surface area contributed by atoms with E-state index in [9.17, 15) is 4.79 Å². The molecule has 0 saturated heterocycles. The molecule has 0 spiro atoms. The van der Waals surface area contributed by atoms with Gasteiger partial charge in [0.1, 0.15) is 0 Å². The number of hydrogen-bond donors (Lipinski definition) is 1. The average molecular weight is 230 g/mol. The number of hydrogen-bond acceptors (Lipinski definition) is 5. The first kappa shape index (κ1) is 12.1. The summed E-state index contributed by atoms with van der Waals surface area (Å²) in [5.74, 6) is -0.0140. The molecule has 0 aliphatic carbocycles.